The highest BCUT2D eigenvalue weighted by molar-refractivity contribution is 7.80. The van der Waals surface area contributed by atoms with Crippen molar-refractivity contribution in [1.29, 1.82) is 0 Å². The number of methoxy groups -OCH3 is 2. The highest BCUT2D eigenvalue weighted by atomic mass is 32.1. The molecule has 2 aromatic carbocycles. The smallest absolute Gasteiger partial charge is 0.191 e. The Balaban J connectivity index is 1.99. The summed E-state index contributed by atoms with van der Waals surface area (Å²) in [5.74, 6) is 1.52. The van der Waals surface area contributed by atoms with Crippen LogP contribution in [0.2, 0.25) is 0 Å². The molecular formula is C17H19N3O2S. The number of nitrogens with one attached hydrogen (secondary N) is 2. The maximum atomic E-state index is 5.27. The van der Waals surface area contributed by atoms with Crippen LogP contribution in [0.4, 0.5) is 5.69 Å². The van der Waals surface area contributed by atoms with E-state index in [9.17, 15) is 0 Å². The summed E-state index contributed by atoms with van der Waals surface area (Å²) < 4.78 is 10.4. The van der Waals surface area contributed by atoms with Crippen molar-refractivity contribution in [3.05, 3.63) is 54.1 Å². The minimum absolute atomic E-state index is 0.391. The Morgan fingerprint density at radius 1 is 1.00 bits per heavy atom. The zero-order valence-electron chi connectivity index (χ0n) is 13.3. The van der Waals surface area contributed by atoms with Crippen molar-refractivity contribution in [2.45, 2.75) is 6.92 Å². The second kappa shape index (κ2) is 8.14. The van der Waals surface area contributed by atoms with Gasteiger partial charge in [-0.1, -0.05) is 12.1 Å². The minimum atomic E-state index is 0.391. The molecule has 0 saturated carbocycles. The molecule has 0 atom stereocenters. The number of para-hydroxylation sites is 2. The molecule has 0 aliphatic rings. The molecule has 120 valence electrons. The van der Waals surface area contributed by atoms with E-state index < -0.39 is 0 Å². The third-order valence-corrected chi connectivity index (χ3v) is 3.38. The first-order chi connectivity index (χ1) is 11.1. The van der Waals surface area contributed by atoms with Crippen molar-refractivity contribution < 1.29 is 9.47 Å². The van der Waals surface area contributed by atoms with Crippen molar-refractivity contribution in [3.8, 4) is 11.5 Å². The number of benzene rings is 2. The Kier molecular flexibility index (Phi) is 5.94. The monoisotopic (exact) mass is 329 g/mol. The number of rotatable bonds is 5. The van der Waals surface area contributed by atoms with Crippen LogP contribution in [-0.4, -0.2) is 25.0 Å². The standard InChI is InChI=1S/C17H19N3O2S/c1-12(13-8-10-14(21-2)11-9-13)19-20-17(23)18-15-6-4-5-7-16(15)22-3/h4-11H,1-3H3,(H2,18,20,23). The largest absolute Gasteiger partial charge is 0.497 e. The van der Waals surface area contributed by atoms with E-state index in [4.69, 9.17) is 21.7 Å². The second-order valence-corrected chi connectivity index (χ2v) is 5.10. The van der Waals surface area contributed by atoms with Gasteiger partial charge in [0.2, 0.25) is 0 Å². The molecule has 23 heavy (non-hydrogen) atoms. The lowest BCUT2D eigenvalue weighted by atomic mass is 10.1. The second-order valence-electron chi connectivity index (χ2n) is 4.69. The van der Waals surface area contributed by atoms with Gasteiger partial charge in [0.1, 0.15) is 11.5 Å². The highest BCUT2D eigenvalue weighted by Gasteiger charge is 2.03. The first kappa shape index (κ1) is 16.8. The molecular weight excluding hydrogens is 310 g/mol. The molecule has 0 bridgehead atoms. The summed E-state index contributed by atoms with van der Waals surface area (Å²) in [6.45, 7) is 1.90. The molecule has 0 aliphatic carbocycles. The van der Waals surface area contributed by atoms with Gasteiger partial charge in [-0.3, -0.25) is 5.43 Å². The van der Waals surface area contributed by atoms with E-state index in [2.05, 4.69) is 15.8 Å². The fourth-order valence-corrected chi connectivity index (χ4v) is 2.09. The summed E-state index contributed by atoms with van der Waals surface area (Å²) >= 11 is 5.25. The quantitative estimate of drug-likeness (QED) is 0.500. The average molecular weight is 329 g/mol. The molecule has 2 aromatic rings. The Labute approximate surface area is 141 Å². The van der Waals surface area contributed by atoms with Crippen LogP contribution in [0.1, 0.15) is 12.5 Å². The van der Waals surface area contributed by atoms with Crippen LogP contribution in [-0.2, 0) is 0 Å². The average Bonchev–Trinajstić information content (AvgIpc) is 2.60. The third-order valence-electron chi connectivity index (χ3n) is 3.19. The molecule has 2 N–H and O–H groups in total. The zero-order valence-corrected chi connectivity index (χ0v) is 14.1. The van der Waals surface area contributed by atoms with Gasteiger partial charge in [-0.25, -0.2) is 0 Å². The minimum Gasteiger partial charge on any atom is -0.497 e. The van der Waals surface area contributed by atoms with Crippen LogP contribution in [0.5, 0.6) is 11.5 Å². The van der Waals surface area contributed by atoms with Crippen LogP contribution < -0.4 is 20.2 Å². The molecule has 0 fully saturated rings. The summed E-state index contributed by atoms with van der Waals surface area (Å²) in [5, 5.41) is 7.73. The third kappa shape index (κ3) is 4.69. The van der Waals surface area contributed by atoms with E-state index in [1.807, 2.05) is 55.5 Å². The Morgan fingerprint density at radius 3 is 2.35 bits per heavy atom. The number of hydrogen-bond donors (Lipinski definition) is 2. The van der Waals surface area contributed by atoms with Crippen molar-refractivity contribution in [2.75, 3.05) is 19.5 Å². The van der Waals surface area contributed by atoms with E-state index >= 15 is 0 Å². The number of nitrogens with zero attached hydrogens (tertiary/aromatic N) is 1. The topological polar surface area (TPSA) is 54.9 Å². The number of hydrazone groups is 1. The van der Waals surface area contributed by atoms with Crippen LogP contribution in [0.15, 0.2) is 53.6 Å². The van der Waals surface area contributed by atoms with Crippen molar-refractivity contribution in [2.24, 2.45) is 5.10 Å². The summed E-state index contributed by atoms with van der Waals surface area (Å²) in [4.78, 5) is 0. The van der Waals surface area contributed by atoms with E-state index in [1.165, 1.54) is 0 Å². The molecule has 0 heterocycles. The predicted octanol–water partition coefficient (Wildman–Crippen LogP) is 3.41. The van der Waals surface area contributed by atoms with Gasteiger partial charge < -0.3 is 14.8 Å². The predicted molar refractivity (Wildman–Crippen MR) is 97.6 cm³/mol. The Morgan fingerprint density at radius 2 is 1.70 bits per heavy atom. The molecule has 0 aliphatic heterocycles. The van der Waals surface area contributed by atoms with Gasteiger partial charge in [0.25, 0.3) is 0 Å². The molecule has 0 amide bonds. The van der Waals surface area contributed by atoms with Crippen LogP contribution >= 0.6 is 12.2 Å². The molecule has 5 nitrogen and oxygen atoms in total. The normalized spacial score (nSPS) is 10.8. The van der Waals surface area contributed by atoms with Gasteiger partial charge in [0.15, 0.2) is 5.11 Å². The summed E-state index contributed by atoms with van der Waals surface area (Å²) in [5.41, 5.74) is 5.41. The lowest BCUT2D eigenvalue weighted by molar-refractivity contribution is 0.415. The van der Waals surface area contributed by atoms with Gasteiger partial charge >= 0.3 is 0 Å². The van der Waals surface area contributed by atoms with Crippen molar-refractivity contribution in [1.82, 2.24) is 5.43 Å². The van der Waals surface area contributed by atoms with Gasteiger partial charge in [-0.15, -0.1) is 0 Å². The van der Waals surface area contributed by atoms with Crippen molar-refractivity contribution in [3.63, 3.8) is 0 Å². The summed E-state index contributed by atoms with van der Waals surface area (Å²) in [6.07, 6.45) is 0. The fourth-order valence-electron chi connectivity index (χ4n) is 1.93. The van der Waals surface area contributed by atoms with Gasteiger partial charge in [-0.2, -0.15) is 5.10 Å². The van der Waals surface area contributed by atoms with Crippen molar-refractivity contribution >= 4 is 28.7 Å². The molecule has 0 radical (unpaired) electrons. The summed E-state index contributed by atoms with van der Waals surface area (Å²) in [6, 6.07) is 15.2. The van der Waals surface area contributed by atoms with E-state index in [-0.39, 0.29) is 0 Å². The molecule has 0 unspecified atom stereocenters. The van der Waals surface area contributed by atoms with E-state index in [0.29, 0.717) is 10.9 Å². The number of ether oxygens (including phenoxy) is 2. The first-order valence-electron chi connectivity index (χ1n) is 7.02. The van der Waals surface area contributed by atoms with Gasteiger partial charge in [0.05, 0.1) is 25.6 Å². The number of hydrogen-bond acceptors (Lipinski definition) is 4. The maximum Gasteiger partial charge on any atom is 0.191 e. The van der Waals surface area contributed by atoms with Crippen LogP contribution in [0.25, 0.3) is 0 Å². The van der Waals surface area contributed by atoms with Gasteiger partial charge in [-0.05, 0) is 61.1 Å². The lowest BCUT2D eigenvalue weighted by Gasteiger charge is -2.11. The fraction of sp³-hybridized carbons (Fsp3) is 0.176. The number of thiocarbonyl (C=S) groups is 1. The molecule has 0 spiro atoms. The van der Waals surface area contributed by atoms with Crippen LogP contribution in [0, 0.1) is 0 Å². The molecule has 0 aromatic heterocycles. The first-order valence-corrected chi connectivity index (χ1v) is 7.43. The van der Waals surface area contributed by atoms with E-state index in [1.54, 1.807) is 14.2 Å². The van der Waals surface area contributed by atoms with Gasteiger partial charge in [0, 0.05) is 0 Å². The lowest BCUT2D eigenvalue weighted by Crippen LogP contribution is -2.25. The summed E-state index contributed by atoms with van der Waals surface area (Å²) in [7, 11) is 3.25. The number of anilines is 1. The highest BCUT2D eigenvalue weighted by Crippen LogP contribution is 2.22. The van der Waals surface area contributed by atoms with Crippen LogP contribution in [0.3, 0.4) is 0 Å². The molecule has 2 rings (SSSR count). The SMILES string of the molecule is COc1ccc(C(C)=NNC(=S)Nc2ccccc2OC)cc1. The van der Waals surface area contributed by atoms with E-state index in [0.717, 1.165) is 22.7 Å². The molecule has 0 saturated heterocycles. The maximum absolute atomic E-state index is 5.27. The Hall–Kier alpha value is -2.60. The molecule has 6 heteroatoms. The Bertz CT molecular complexity index is 699. The zero-order chi connectivity index (χ0) is 16.7.